The average molecular weight is 259 g/mol. The largest absolute Gasteiger partial charge is 0.394 e. The van der Waals surface area contributed by atoms with E-state index in [1.165, 1.54) is 5.56 Å². The first-order valence-corrected chi connectivity index (χ1v) is 6.65. The van der Waals surface area contributed by atoms with Gasteiger partial charge < -0.3 is 10.4 Å². The second-order valence-corrected chi connectivity index (χ2v) is 4.97. The molecular formula is C15H21N3O. The van der Waals surface area contributed by atoms with Crippen LogP contribution in [0.25, 0.3) is 0 Å². The van der Waals surface area contributed by atoms with Crippen LogP contribution in [0, 0.1) is 0 Å². The van der Waals surface area contributed by atoms with E-state index in [1.807, 2.05) is 12.4 Å². The highest BCUT2D eigenvalue weighted by atomic mass is 16.3. The summed E-state index contributed by atoms with van der Waals surface area (Å²) in [6, 6.07) is 8.48. The molecular weight excluding hydrogens is 238 g/mol. The van der Waals surface area contributed by atoms with Crippen molar-refractivity contribution in [2.75, 3.05) is 11.9 Å². The standard InChI is InChI=1S/C15H21N3O/c1-12(2)14-4-3-5-15(8-14)16-9-13-10-17-18(11-13)6-7-19/h3-5,8,10-12,16,19H,6-7,9H2,1-2H3. The fraction of sp³-hybridized carbons (Fsp3) is 0.400. The molecule has 0 radical (unpaired) electrons. The quantitative estimate of drug-likeness (QED) is 0.838. The van der Waals surface area contributed by atoms with Gasteiger partial charge in [-0.1, -0.05) is 26.0 Å². The van der Waals surface area contributed by atoms with Gasteiger partial charge in [-0.25, -0.2) is 0 Å². The Labute approximate surface area is 114 Å². The molecule has 4 heteroatoms. The first kappa shape index (κ1) is 13.6. The second kappa shape index (κ2) is 6.38. The lowest BCUT2D eigenvalue weighted by atomic mass is 10.0. The van der Waals surface area contributed by atoms with Crippen LogP contribution in [0.3, 0.4) is 0 Å². The van der Waals surface area contributed by atoms with E-state index in [1.54, 1.807) is 4.68 Å². The smallest absolute Gasteiger partial charge is 0.0640 e. The normalized spacial score (nSPS) is 10.9. The van der Waals surface area contributed by atoms with E-state index in [-0.39, 0.29) is 6.61 Å². The van der Waals surface area contributed by atoms with E-state index in [9.17, 15) is 0 Å². The third kappa shape index (κ3) is 3.83. The van der Waals surface area contributed by atoms with Crippen molar-refractivity contribution in [3.63, 3.8) is 0 Å². The number of rotatable bonds is 6. The summed E-state index contributed by atoms with van der Waals surface area (Å²) < 4.78 is 1.75. The van der Waals surface area contributed by atoms with Crippen molar-refractivity contribution in [3.05, 3.63) is 47.8 Å². The first-order chi connectivity index (χ1) is 9.19. The van der Waals surface area contributed by atoms with Crippen LogP contribution in [-0.2, 0) is 13.1 Å². The number of anilines is 1. The molecule has 102 valence electrons. The van der Waals surface area contributed by atoms with Crippen LogP contribution in [0.1, 0.15) is 30.9 Å². The number of aliphatic hydroxyl groups excluding tert-OH is 1. The second-order valence-electron chi connectivity index (χ2n) is 4.97. The number of nitrogens with one attached hydrogen (secondary N) is 1. The zero-order chi connectivity index (χ0) is 13.7. The Morgan fingerprint density at radius 1 is 1.37 bits per heavy atom. The van der Waals surface area contributed by atoms with E-state index in [2.05, 4.69) is 48.5 Å². The van der Waals surface area contributed by atoms with Gasteiger partial charge in [0.1, 0.15) is 0 Å². The maximum absolute atomic E-state index is 8.84. The lowest BCUT2D eigenvalue weighted by molar-refractivity contribution is 0.269. The highest BCUT2D eigenvalue weighted by molar-refractivity contribution is 5.46. The van der Waals surface area contributed by atoms with Crippen LogP contribution in [0.15, 0.2) is 36.7 Å². The minimum Gasteiger partial charge on any atom is -0.394 e. The van der Waals surface area contributed by atoms with Crippen LogP contribution in [0.5, 0.6) is 0 Å². The summed E-state index contributed by atoms with van der Waals surface area (Å²) in [5, 5.41) is 16.4. The molecule has 0 aliphatic rings. The number of hydrogen-bond acceptors (Lipinski definition) is 3. The van der Waals surface area contributed by atoms with Crippen molar-refractivity contribution in [3.8, 4) is 0 Å². The molecule has 4 nitrogen and oxygen atoms in total. The van der Waals surface area contributed by atoms with E-state index in [4.69, 9.17) is 5.11 Å². The molecule has 19 heavy (non-hydrogen) atoms. The number of aromatic nitrogens is 2. The summed E-state index contributed by atoms with van der Waals surface area (Å²) in [5.74, 6) is 0.536. The first-order valence-electron chi connectivity index (χ1n) is 6.65. The van der Waals surface area contributed by atoms with Crippen molar-refractivity contribution < 1.29 is 5.11 Å². The van der Waals surface area contributed by atoms with Gasteiger partial charge in [-0.2, -0.15) is 5.10 Å². The summed E-state index contributed by atoms with van der Waals surface area (Å²) >= 11 is 0. The third-order valence-electron chi connectivity index (χ3n) is 3.07. The Hall–Kier alpha value is -1.81. The van der Waals surface area contributed by atoms with Gasteiger partial charge in [-0.15, -0.1) is 0 Å². The molecule has 2 rings (SSSR count). The topological polar surface area (TPSA) is 50.1 Å². The Balaban J connectivity index is 1.95. The van der Waals surface area contributed by atoms with Crippen LogP contribution >= 0.6 is 0 Å². The zero-order valence-corrected chi connectivity index (χ0v) is 11.5. The van der Waals surface area contributed by atoms with Gasteiger partial charge >= 0.3 is 0 Å². The van der Waals surface area contributed by atoms with Crippen molar-refractivity contribution in [1.29, 1.82) is 0 Å². The predicted octanol–water partition coefficient (Wildman–Crippen LogP) is 2.61. The molecule has 0 atom stereocenters. The molecule has 0 fully saturated rings. The molecule has 0 aliphatic carbocycles. The van der Waals surface area contributed by atoms with E-state index in [0.29, 0.717) is 12.5 Å². The Morgan fingerprint density at radius 3 is 2.95 bits per heavy atom. The fourth-order valence-corrected chi connectivity index (χ4v) is 1.93. The summed E-state index contributed by atoms with van der Waals surface area (Å²) in [6.45, 7) is 5.79. The van der Waals surface area contributed by atoms with Gasteiger partial charge in [0.15, 0.2) is 0 Å². The summed E-state index contributed by atoms with van der Waals surface area (Å²) in [6.07, 6.45) is 3.78. The molecule has 0 amide bonds. The zero-order valence-electron chi connectivity index (χ0n) is 11.5. The molecule has 0 saturated heterocycles. The monoisotopic (exact) mass is 259 g/mol. The number of hydrogen-bond donors (Lipinski definition) is 2. The van der Waals surface area contributed by atoms with Gasteiger partial charge in [-0.05, 0) is 23.6 Å². The minimum absolute atomic E-state index is 0.116. The Kier molecular flexibility index (Phi) is 4.58. The maximum Gasteiger partial charge on any atom is 0.0640 e. The van der Waals surface area contributed by atoms with Crippen LogP contribution < -0.4 is 5.32 Å². The lowest BCUT2D eigenvalue weighted by Gasteiger charge is -2.09. The summed E-state index contributed by atoms with van der Waals surface area (Å²) in [5.41, 5.74) is 3.57. The highest BCUT2D eigenvalue weighted by Gasteiger charge is 2.01. The molecule has 2 N–H and O–H groups in total. The van der Waals surface area contributed by atoms with Crippen LogP contribution in [-0.4, -0.2) is 21.5 Å². The number of benzene rings is 1. The number of nitrogens with zero attached hydrogens (tertiary/aromatic N) is 2. The molecule has 0 spiro atoms. The minimum atomic E-state index is 0.116. The number of aliphatic hydroxyl groups is 1. The highest BCUT2D eigenvalue weighted by Crippen LogP contribution is 2.18. The van der Waals surface area contributed by atoms with Gasteiger partial charge in [-0.3, -0.25) is 4.68 Å². The molecule has 2 aromatic rings. The van der Waals surface area contributed by atoms with E-state index >= 15 is 0 Å². The molecule has 0 unspecified atom stereocenters. The van der Waals surface area contributed by atoms with Gasteiger partial charge in [0.25, 0.3) is 0 Å². The molecule has 0 aliphatic heterocycles. The lowest BCUT2D eigenvalue weighted by Crippen LogP contribution is -2.02. The van der Waals surface area contributed by atoms with Crippen LogP contribution in [0.2, 0.25) is 0 Å². The molecule has 0 saturated carbocycles. The van der Waals surface area contributed by atoms with Gasteiger partial charge in [0, 0.05) is 24.0 Å². The van der Waals surface area contributed by atoms with E-state index in [0.717, 1.165) is 17.8 Å². The molecule has 0 bridgehead atoms. The predicted molar refractivity (Wildman–Crippen MR) is 77.2 cm³/mol. The Morgan fingerprint density at radius 2 is 2.21 bits per heavy atom. The van der Waals surface area contributed by atoms with Crippen LogP contribution in [0.4, 0.5) is 5.69 Å². The summed E-state index contributed by atoms with van der Waals surface area (Å²) in [4.78, 5) is 0. The molecule has 1 aromatic heterocycles. The van der Waals surface area contributed by atoms with Crippen molar-refractivity contribution >= 4 is 5.69 Å². The van der Waals surface area contributed by atoms with E-state index < -0.39 is 0 Å². The third-order valence-corrected chi connectivity index (χ3v) is 3.07. The van der Waals surface area contributed by atoms with Crippen molar-refractivity contribution in [2.24, 2.45) is 0 Å². The maximum atomic E-state index is 8.84. The van der Waals surface area contributed by atoms with Crippen molar-refractivity contribution in [2.45, 2.75) is 32.9 Å². The Bertz CT molecular complexity index is 520. The van der Waals surface area contributed by atoms with Gasteiger partial charge in [0.2, 0.25) is 0 Å². The van der Waals surface area contributed by atoms with Gasteiger partial charge in [0.05, 0.1) is 19.3 Å². The SMILES string of the molecule is CC(C)c1cccc(NCc2cnn(CCO)c2)c1. The van der Waals surface area contributed by atoms with Crippen molar-refractivity contribution in [1.82, 2.24) is 9.78 Å². The average Bonchev–Trinajstić information content (AvgIpc) is 2.85. The molecule has 1 aromatic carbocycles. The summed E-state index contributed by atoms with van der Waals surface area (Å²) in [7, 11) is 0. The molecule has 1 heterocycles. The fourth-order valence-electron chi connectivity index (χ4n) is 1.93.